The molecule has 0 fully saturated rings. The maximum Gasteiger partial charge on any atom is 0.472 e. The lowest BCUT2D eigenvalue weighted by molar-refractivity contribution is -0.161. The molecular weight excluding hydrogens is 695 g/mol. The minimum atomic E-state index is -4.62. The van der Waals surface area contributed by atoms with Gasteiger partial charge in [0.1, 0.15) is 12.7 Å². The fraction of sp³-hybridized carbons (Fsp3) is 0.857. The van der Waals surface area contributed by atoms with Gasteiger partial charge in [-0.3, -0.25) is 18.6 Å². The first kappa shape index (κ1) is 51.5. The van der Waals surface area contributed by atoms with Gasteiger partial charge in [-0.15, -0.1) is 0 Å². The van der Waals surface area contributed by atoms with E-state index in [0.29, 0.717) is 12.8 Å². The van der Waals surface area contributed by atoms with Crippen molar-refractivity contribution in [3.05, 3.63) is 24.3 Å². The summed E-state index contributed by atoms with van der Waals surface area (Å²) in [7, 11) is -4.62. The molecule has 0 aromatic heterocycles. The van der Waals surface area contributed by atoms with Crippen LogP contribution in [0.25, 0.3) is 0 Å². The molecular formula is C42H79O10P. The molecule has 0 bridgehead atoms. The molecule has 3 atom stereocenters. The van der Waals surface area contributed by atoms with Crippen molar-refractivity contribution in [3.8, 4) is 0 Å². The number of ether oxygens (including phenoxy) is 2. The van der Waals surface area contributed by atoms with Crippen LogP contribution in [0.2, 0.25) is 0 Å². The van der Waals surface area contributed by atoms with Gasteiger partial charge in [-0.25, -0.2) is 4.57 Å². The molecule has 1 unspecified atom stereocenters. The van der Waals surface area contributed by atoms with Gasteiger partial charge in [-0.05, 0) is 51.4 Å². The highest BCUT2D eigenvalue weighted by Gasteiger charge is 2.27. The molecule has 312 valence electrons. The SMILES string of the molecule is CCCCCC/C=C/CCCCCCCCCC(=O)O[C@H](COC(=O)CC/C=C/CCCCCCCCCCCCC)COP(=O)(O)OC[C@@H](O)CO. The Labute approximate surface area is 323 Å². The molecule has 0 radical (unpaired) electrons. The van der Waals surface area contributed by atoms with Crippen LogP contribution in [0.5, 0.6) is 0 Å². The lowest BCUT2D eigenvalue weighted by Gasteiger charge is -2.20. The van der Waals surface area contributed by atoms with Crippen LogP contribution in [0.4, 0.5) is 0 Å². The number of phosphoric ester groups is 1. The average Bonchev–Trinajstić information content (AvgIpc) is 3.14. The number of carbonyl (C=O) groups is 2. The summed E-state index contributed by atoms with van der Waals surface area (Å²) >= 11 is 0. The van der Waals surface area contributed by atoms with E-state index in [1.54, 1.807) is 0 Å². The van der Waals surface area contributed by atoms with Gasteiger partial charge in [0.2, 0.25) is 0 Å². The number of hydrogen-bond donors (Lipinski definition) is 3. The lowest BCUT2D eigenvalue weighted by Crippen LogP contribution is -2.29. The quantitative estimate of drug-likeness (QED) is 0.0238. The smallest absolute Gasteiger partial charge is 0.462 e. The van der Waals surface area contributed by atoms with Crippen molar-refractivity contribution in [3.63, 3.8) is 0 Å². The number of esters is 2. The second-order valence-corrected chi connectivity index (χ2v) is 15.8. The highest BCUT2D eigenvalue weighted by atomic mass is 31.2. The van der Waals surface area contributed by atoms with E-state index in [-0.39, 0.29) is 19.4 Å². The zero-order chi connectivity index (χ0) is 39.1. The van der Waals surface area contributed by atoms with Crippen molar-refractivity contribution in [2.24, 2.45) is 0 Å². The normalized spacial score (nSPS) is 14.1. The summed E-state index contributed by atoms with van der Waals surface area (Å²) in [6.07, 6.45) is 37.2. The van der Waals surface area contributed by atoms with E-state index in [1.807, 2.05) is 6.08 Å². The van der Waals surface area contributed by atoms with Crippen LogP contribution in [0, 0.1) is 0 Å². The van der Waals surface area contributed by atoms with Crippen molar-refractivity contribution in [1.82, 2.24) is 0 Å². The van der Waals surface area contributed by atoms with Crippen LogP contribution in [0.15, 0.2) is 24.3 Å². The summed E-state index contributed by atoms with van der Waals surface area (Å²) in [5.41, 5.74) is 0. The molecule has 53 heavy (non-hydrogen) atoms. The molecule has 10 nitrogen and oxygen atoms in total. The fourth-order valence-electron chi connectivity index (χ4n) is 5.77. The van der Waals surface area contributed by atoms with Crippen molar-refractivity contribution in [2.75, 3.05) is 26.4 Å². The number of carbonyl (C=O) groups excluding carboxylic acids is 2. The topological polar surface area (TPSA) is 149 Å². The lowest BCUT2D eigenvalue weighted by atomic mass is 10.1. The van der Waals surface area contributed by atoms with Gasteiger partial charge in [-0.1, -0.05) is 154 Å². The van der Waals surface area contributed by atoms with Crippen LogP contribution < -0.4 is 0 Å². The van der Waals surface area contributed by atoms with Crippen molar-refractivity contribution in [1.29, 1.82) is 0 Å². The van der Waals surface area contributed by atoms with Gasteiger partial charge < -0.3 is 24.6 Å². The molecule has 0 aliphatic carbocycles. The summed E-state index contributed by atoms with van der Waals surface area (Å²) in [5, 5.41) is 18.3. The molecule has 0 aromatic carbocycles. The highest BCUT2D eigenvalue weighted by molar-refractivity contribution is 7.47. The number of rotatable bonds is 40. The van der Waals surface area contributed by atoms with Crippen molar-refractivity contribution >= 4 is 19.8 Å². The monoisotopic (exact) mass is 775 g/mol. The van der Waals surface area contributed by atoms with E-state index >= 15 is 0 Å². The molecule has 0 saturated carbocycles. The van der Waals surface area contributed by atoms with Gasteiger partial charge in [0.05, 0.1) is 19.8 Å². The summed E-state index contributed by atoms with van der Waals surface area (Å²) in [5.74, 6) is -0.982. The molecule has 3 N–H and O–H groups in total. The maximum atomic E-state index is 12.6. The first-order valence-electron chi connectivity index (χ1n) is 21.3. The number of aliphatic hydroxyl groups is 2. The Hall–Kier alpha value is -1.55. The summed E-state index contributed by atoms with van der Waals surface area (Å²) in [6, 6.07) is 0. The minimum absolute atomic E-state index is 0.159. The highest BCUT2D eigenvalue weighted by Crippen LogP contribution is 2.43. The molecule has 11 heteroatoms. The summed E-state index contributed by atoms with van der Waals surface area (Å²) in [6.45, 7) is 2.33. The van der Waals surface area contributed by atoms with Crippen LogP contribution in [0.3, 0.4) is 0 Å². The van der Waals surface area contributed by atoms with Crippen molar-refractivity contribution < 1.29 is 47.8 Å². The Morgan fingerprint density at radius 1 is 0.547 bits per heavy atom. The first-order chi connectivity index (χ1) is 25.7. The zero-order valence-corrected chi connectivity index (χ0v) is 34.6. The van der Waals surface area contributed by atoms with Gasteiger partial charge in [0.15, 0.2) is 6.10 Å². The van der Waals surface area contributed by atoms with Crippen molar-refractivity contribution in [2.45, 2.75) is 206 Å². The molecule has 0 rings (SSSR count). The Balaban J connectivity index is 4.34. The van der Waals surface area contributed by atoms with E-state index in [2.05, 4.69) is 36.6 Å². The number of hydrogen-bond acceptors (Lipinski definition) is 9. The van der Waals surface area contributed by atoms with Gasteiger partial charge in [0, 0.05) is 12.8 Å². The largest absolute Gasteiger partial charge is 0.472 e. The second kappa shape index (κ2) is 38.7. The zero-order valence-electron chi connectivity index (χ0n) is 33.7. The van der Waals surface area contributed by atoms with Gasteiger partial charge >= 0.3 is 19.8 Å². The molecule has 0 heterocycles. The van der Waals surface area contributed by atoms with E-state index in [1.165, 1.54) is 116 Å². The maximum absolute atomic E-state index is 12.6. The third-order valence-corrected chi connectivity index (χ3v) is 10.0. The molecule has 0 aromatic rings. The number of unbranched alkanes of at least 4 members (excludes halogenated alkanes) is 22. The molecule has 0 amide bonds. The Morgan fingerprint density at radius 3 is 1.45 bits per heavy atom. The third-order valence-electron chi connectivity index (χ3n) is 9.09. The number of aliphatic hydroxyl groups excluding tert-OH is 2. The molecule has 0 aliphatic heterocycles. The second-order valence-electron chi connectivity index (χ2n) is 14.4. The van der Waals surface area contributed by atoms with Crippen LogP contribution in [0.1, 0.15) is 194 Å². The Morgan fingerprint density at radius 2 is 0.962 bits per heavy atom. The average molecular weight is 775 g/mol. The Bertz CT molecular complexity index is 941. The Kier molecular flexibility index (Phi) is 37.6. The summed E-state index contributed by atoms with van der Waals surface area (Å²) < 4.78 is 32.6. The fourth-order valence-corrected chi connectivity index (χ4v) is 6.56. The van der Waals surface area contributed by atoms with Gasteiger partial charge in [0.25, 0.3) is 0 Å². The number of phosphoric acid groups is 1. The molecule has 0 spiro atoms. The predicted molar refractivity (Wildman–Crippen MR) is 215 cm³/mol. The van der Waals surface area contributed by atoms with Crippen LogP contribution in [-0.4, -0.2) is 65.7 Å². The van der Waals surface area contributed by atoms with E-state index < -0.39 is 51.8 Å². The van der Waals surface area contributed by atoms with Gasteiger partial charge in [-0.2, -0.15) is 0 Å². The molecule has 0 saturated heterocycles. The predicted octanol–water partition coefficient (Wildman–Crippen LogP) is 11.0. The van der Waals surface area contributed by atoms with E-state index in [9.17, 15) is 24.2 Å². The minimum Gasteiger partial charge on any atom is -0.462 e. The van der Waals surface area contributed by atoms with Crippen LogP contribution in [-0.2, 0) is 32.7 Å². The summed E-state index contributed by atoms with van der Waals surface area (Å²) in [4.78, 5) is 34.9. The standard InChI is InChI=1S/C42H79O10P/c1-3-5-7-9-11-13-15-17-19-21-23-25-27-29-31-33-41(45)49-37-40(38-51-53(47,48)50-36-39(44)35-43)52-42(46)34-32-30-28-26-24-22-20-18-16-14-12-10-8-6-4-2/h14,16,27,29,39-40,43-44H,3-13,15,17-26,28,30-38H2,1-2H3,(H,47,48)/b16-14+,29-27+/t39-,40+/m0/s1. The van der Waals surface area contributed by atoms with E-state index in [4.69, 9.17) is 19.1 Å². The number of allylic oxidation sites excluding steroid dienone is 4. The third kappa shape index (κ3) is 38.5. The first-order valence-corrected chi connectivity index (χ1v) is 22.8. The van der Waals surface area contributed by atoms with E-state index in [0.717, 1.165) is 38.5 Å². The molecule has 0 aliphatic rings. The van der Waals surface area contributed by atoms with Crippen LogP contribution >= 0.6 is 7.82 Å².